The average Bonchev–Trinajstić information content (AvgIpc) is 2.65. The molecule has 0 aromatic heterocycles. The highest BCUT2D eigenvalue weighted by atomic mass is 19.4. The summed E-state index contributed by atoms with van der Waals surface area (Å²) in [5, 5.41) is 2.40. The fraction of sp³-hybridized carbons (Fsp3) is 0.222. The number of hydrogen-bond donors (Lipinski definition) is 1. The molecular weight excluding hydrogens is 367 g/mol. The molecule has 0 saturated heterocycles. The summed E-state index contributed by atoms with van der Waals surface area (Å²) in [4.78, 5) is 23.7. The smallest absolute Gasteiger partial charge is 0.416 e. The summed E-state index contributed by atoms with van der Waals surface area (Å²) in [6.07, 6.45) is -4.46. The molecule has 6 nitrogen and oxygen atoms in total. The first-order valence-electron chi connectivity index (χ1n) is 7.61. The van der Waals surface area contributed by atoms with Gasteiger partial charge in [0.1, 0.15) is 17.1 Å². The lowest BCUT2D eigenvalue weighted by molar-refractivity contribution is -0.137. The van der Waals surface area contributed by atoms with Crippen LogP contribution in [0.25, 0.3) is 0 Å². The minimum absolute atomic E-state index is 0.0729. The summed E-state index contributed by atoms with van der Waals surface area (Å²) in [5.41, 5.74) is -0.549. The van der Waals surface area contributed by atoms with Gasteiger partial charge in [0.25, 0.3) is 5.91 Å². The van der Waals surface area contributed by atoms with E-state index in [1.54, 1.807) is 0 Å². The largest absolute Gasteiger partial charge is 0.497 e. The van der Waals surface area contributed by atoms with Crippen molar-refractivity contribution in [2.24, 2.45) is 0 Å². The van der Waals surface area contributed by atoms with E-state index in [2.05, 4.69) is 10.1 Å². The van der Waals surface area contributed by atoms with Gasteiger partial charge in [-0.05, 0) is 36.4 Å². The third kappa shape index (κ3) is 5.37. The molecular formula is C18H16F3NO5. The lowest BCUT2D eigenvalue weighted by Crippen LogP contribution is -2.21. The van der Waals surface area contributed by atoms with Gasteiger partial charge in [-0.2, -0.15) is 13.2 Å². The van der Waals surface area contributed by atoms with Gasteiger partial charge < -0.3 is 19.5 Å². The van der Waals surface area contributed by atoms with Crippen molar-refractivity contribution in [2.45, 2.75) is 6.18 Å². The van der Waals surface area contributed by atoms with Gasteiger partial charge in [0.05, 0.1) is 19.8 Å². The van der Waals surface area contributed by atoms with Crippen molar-refractivity contribution >= 4 is 17.6 Å². The normalized spacial score (nSPS) is 10.9. The van der Waals surface area contributed by atoms with Gasteiger partial charge in [-0.1, -0.05) is 0 Å². The highest BCUT2D eigenvalue weighted by Gasteiger charge is 2.30. The first-order chi connectivity index (χ1) is 12.7. The van der Waals surface area contributed by atoms with Crippen molar-refractivity contribution in [1.82, 2.24) is 0 Å². The molecule has 2 aromatic rings. The van der Waals surface area contributed by atoms with Crippen LogP contribution in [-0.4, -0.2) is 32.7 Å². The maximum Gasteiger partial charge on any atom is 0.416 e. The van der Waals surface area contributed by atoms with Crippen molar-refractivity contribution in [3.8, 4) is 11.5 Å². The molecule has 0 atom stereocenters. The second-order valence-corrected chi connectivity index (χ2v) is 5.27. The lowest BCUT2D eigenvalue weighted by atomic mass is 10.2. The molecule has 0 aliphatic heterocycles. The van der Waals surface area contributed by atoms with E-state index >= 15 is 0 Å². The molecule has 0 radical (unpaired) electrons. The van der Waals surface area contributed by atoms with Crippen LogP contribution in [0.4, 0.5) is 18.9 Å². The average molecular weight is 383 g/mol. The molecule has 0 unspecified atom stereocenters. The summed E-state index contributed by atoms with van der Waals surface area (Å²) >= 11 is 0. The summed E-state index contributed by atoms with van der Waals surface area (Å²) < 4.78 is 52.6. The Balaban J connectivity index is 2.04. The van der Waals surface area contributed by atoms with Crippen LogP contribution in [-0.2, 0) is 15.7 Å². The Hall–Kier alpha value is -3.23. The Kier molecular flexibility index (Phi) is 6.27. The van der Waals surface area contributed by atoms with E-state index < -0.39 is 30.2 Å². The van der Waals surface area contributed by atoms with Crippen LogP contribution in [0.5, 0.6) is 11.5 Å². The van der Waals surface area contributed by atoms with Gasteiger partial charge in [0.15, 0.2) is 6.61 Å². The quantitative estimate of drug-likeness (QED) is 0.773. The fourth-order valence-electron chi connectivity index (χ4n) is 2.11. The zero-order valence-electron chi connectivity index (χ0n) is 14.4. The Morgan fingerprint density at radius 2 is 1.70 bits per heavy atom. The first-order valence-corrected chi connectivity index (χ1v) is 7.61. The molecule has 0 bridgehead atoms. The highest BCUT2D eigenvalue weighted by molar-refractivity contribution is 5.94. The van der Waals surface area contributed by atoms with Crippen molar-refractivity contribution in [3.05, 3.63) is 53.6 Å². The van der Waals surface area contributed by atoms with E-state index in [0.29, 0.717) is 5.75 Å². The number of nitrogens with one attached hydrogen (secondary N) is 1. The van der Waals surface area contributed by atoms with Crippen LogP contribution in [0.15, 0.2) is 42.5 Å². The van der Waals surface area contributed by atoms with E-state index in [9.17, 15) is 22.8 Å². The minimum atomic E-state index is -4.46. The number of carbonyl (C=O) groups is 2. The molecule has 0 spiro atoms. The van der Waals surface area contributed by atoms with Crippen molar-refractivity contribution in [3.63, 3.8) is 0 Å². The minimum Gasteiger partial charge on any atom is -0.497 e. The number of amides is 1. The van der Waals surface area contributed by atoms with E-state index in [4.69, 9.17) is 9.47 Å². The monoisotopic (exact) mass is 383 g/mol. The Labute approximate surface area is 152 Å². The molecule has 0 aliphatic carbocycles. The summed E-state index contributed by atoms with van der Waals surface area (Å²) in [6.45, 7) is -0.474. The highest BCUT2D eigenvalue weighted by Crippen LogP contribution is 2.30. The third-order valence-electron chi connectivity index (χ3n) is 3.45. The van der Waals surface area contributed by atoms with Gasteiger partial charge in [-0.25, -0.2) is 4.79 Å². The van der Waals surface area contributed by atoms with E-state index in [1.165, 1.54) is 32.4 Å². The fourth-order valence-corrected chi connectivity index (χ4v) is 2.11. The van der Waals surface area contributed by atoms with E-state index in [0.717, 1.165) is 24.3 Å². The first kappa shape index (κ1) is 20.1. The number of anilines is 1. The number of ether oxygens (including phenoxy) is 3. The predicted molar refractivity (Wildman–Crippen MR) is 89.9 cm³/mol. The second-order valence-electron chi connectivity index (χ2n) is 5.27. The zero-order valence-corrected chi connectivity index (χ0v) is 14.4. The molecule has 1 N–H and O–H groups in total. The van der Waals surface area contributed by atoms with Crippen LogP contribution >= 0.6 is 0 Å². The molecule has 9 heteroatoms. The zero-order chi connectivity index (χ0) is 20.0. The molecule has 0 fully saturated rings. The van der Waals surface area contributed by atoms with Crippen molar-refractivity contribution in [1.29, 1.82) is 0 Å². The van der Waals surface area contributed by atoms with Crippen LogP contribution in [0.1, 0.15) is 15.9 Å². The Morgan fingerprint density at radius 3 is 2.26 bits per heavy atom. The van der Waals surface area contributed by atoms with Gasteiger partial charge >= 0.3 is 12.1 Å². The molecule has 0 aliphatic rings. The van der Waals surface area contributed by atoms with Gasteiger partial charge in [0, 0.05) is 11.8 Å². The maximum absolute atomic E-state index is 12.5. The number of alkyl halides is 3. The molecule has 27 heavy (non-hydrogen) atoms. The van der Waals surface area contributed by atoms with Crippen LogP contribution in [0, 0.1) is 0 Å². The molecule has 0 saturated carbocycles. The number of rotatable bonds is 6. The standard InChI is InChI=1S/C18H16F3NO5/c1-25-13-7-8-14(17(24)26-2)15(9-13)27-10-16(23)22-12-5-3-11(4-6-12)18(19,20)21/h3-9H,10H2,1-2H3,(H,22,23). The molecule has 1 amide bonds. The van der Waals surface area contributed by atoms with Gasteiger partial charge in [-0.15, -0.1) is 0 Å². The van der Waals surface area contributed by atoms with E-state index in [-0.39, 0.29) is 17.0 Å². The summed E-state index contributed by atoms with van der Waals surface area (Å²) in [5.74, 6) is -0.797. The number of hydrogen-bond acceptors (Lipinski definition) is 5. The van der Waals surface area contributed by atoms with Gasteiger partial charge in [-0.3, -0.25) is 4.79 Å². The number of methoxy groups -OCH3 is 2. The van der Waals surface area contributed by atoms with Gasteiger partial charge in [0.2, 0.25) is 0 Å². The van der Waals surface area contributed by atoms with Crippen LogP contribution in [0.3, 0.4) is 0 Å². The molecule has 0 heterocycles. The van der Waals surface area contributed by atoms with Crippen molar-refractivity contribution < 1.29 is 37.0 Å². The third-order valence-corrected chi connectivity index (χ3v) is 3.45. The number of halogens is 3. The number of esters is 1. The molecule has 144 valence electrons. The second kappa shape index (κ2) is 8.43. The Bertz CT molecular complexity index is 819. The van der Waals surface area contributed by atoms with E-state index in [1.807, 2.05) is 0 Å². The Morgan fingerprint density at radius 1 is 1.04 bits per heavy atom. The number of benzene rings is 2. The SMILES string of the molecule is COC(=O)c1ccc(OC)cc1OCC(=O)Nc1ccc(C(F)(F)F)cc1. The van der Waals surface area contributed by atoms with Crippen molar-refractivity contribution in [2.75, 3.05) is 26.1 Å². The summed E-state index contributed by atoms with van der Waals surface area (Å²) in [6, 6.07) is 8.34. The number of carbonyl (C=O) groups excluding carboxylic acids is 2. The lowest BCUT2D eigenvalue weighted by Gasteiger charge is -2.12. The van der Waals surface area contributed by atoms with Crippen LogP contribution in [0.2, 0.25) is 0 Å². The van der Waals surface area contributed by atoms with Crippen LogP contribution < -0.4 is 14.8 Å². The molecule has 2 aromatic carbocycles. The molecule has 2 rings (SSSR count). The topological polar surface area (TPSA) is 73.9 Å². The summed E-state index contributed by atoms with van der Waals surface area (Å²) in [7, 11) is 2.63. The predicted octanol–water partition coefficient (Wildman–Crippen LogP) is 3.52. The maximum atomic E-state index is 12.5.